The molecule has 1 unspecified atom stereocenters. The highest BCUT2D eigenvalue weighted by Crippen LogP contribution is 2.26. The number of nitrogens with one attached hydrogen (secondary N) is 1. The monoisotopic (exact) mass is 352 g/mol. The van der Waals surface area contributed by atoms with Crippen molar-refractivity contribution >= 4 is 6.03 Å². The number of nitrogens with zero attached hydrogens (tertiary/aromatic N) is 1. The molecule has 0 radical (unpaired) electrons. The molecule has 4 rings (SSSR count). The fourth-order valence-electron chi connectivity index (χ4n) is 3.82. The number of methoxy groups -OCH3 is 1. The molecule has 5 nitrogen and oxygen atoms in total. The van der Waals surface area contributed by atoms with Gasteiger partial charge in [-0.2, -0.15) is 0 Å². The van der Waals surface area contributed by atoms with Gasteiger partial charge >= 0.3 is 6.03 Å². The molecular weight excluding hydrogens is 328 g/mol. The average molecular weight is 352 g/mol. The second kappa shape index (κ2) is 7.28. The van der Waals surface area contributed by atoms with Crippen molar-refractivity contribution in [3.05, 3.63) is 59.2 Å². The number of fused-ring (bicyclic) bond motifs is 2. The highest BCUT2D eigenvalue weighted by Gasteiger charge is 2.25. The summed E-state index contributed by atoms with van der Waals surface area (Å²) in [6.07, 6.45) is 2.48. The summed E-state index contributed by atoms with van der Waals surface area (Å²) < 4.78 is 11.3. The van der Waals surface area contributed by atoms with Gasteiger partial charge in [-0.15, -0.1) is 0 Å². The third kappa shape index (κ3) is 3.34. The normalized spacial score (nSPS) is 18.8. The minimum absolute atomic E-state index is 0.00949. The molecule has 0 bridgehead atoms. The van der Waals surface area contributed by atoms with E-state index in [2.05, 4.69) is 17.4 Å². The van der Waals surface area contributed by atoms with E-state index < -0.39 is 0 Å². The maximum absolute atomic E-state index is 12.8. The summed E-state index contributed by atoms with van der Waals surface area (Å²) >= 11 is 0. The summed E-state index contributed by atoms with van der Waals surface area (Å²) in [5.41, 5.74) is 3.65. The fraction of sp³-hybridized carbons (Fsp3) is 0.381. The van der Waals surface area contributed by atoms with Gasteiger partial charge in [-0.3, -0.25) is 0 Å². The standard InChI is InChI=1S/C21H24N2O3/c1-25-20-8-4-6-15-9-11-23(12-10-18(15)20)21(24)22-17-13-16-5-2-3-7-19(16)26-14-17/h2-8,17H,9-14H2,1H3,(H,22,24). The Balaban J connectivity index is 1.39. The minimum Gasteiger partial charge on any atom is -0.496 e. The Hall–Kier alpha value is -2.69. The first-order valence-electron chi connectivity index (χ1n) is 9.15. The van der Waals surface area contributed by atoms with E-state index in [1.54, 1.807) is 7.11 Å². The zero-order chi connectivity index (χ0) is 17.9. The van der Waals surface area contributed by atoms with Gasteiger partial charge in [-0.25, -0.2) is 4.79 Å². The predicted molar refractivity (Wildman–Crippen MR) is 99.9 cm³/mol. The van der Waals surface area contributed by atoms with Gasteiger partial charge in [-0.05, 0) is 48.1 Å². The summed E-state index contributed by atoms with van der Waals surface area (Å²) in [5, 5.41) is 3.14. The topological polar surface area (TPSA) is 50.8 Å². The molecule has 5 heteroatoms. The highest BCUT2D eigenvalue weighted by molar-refractivity contribution is 5.75. The van der Waals surface area contributed by atoms with Crippen molar-refractivity contribution in [1.29, 1.82) is 0 Å². The van der Waals surface area contributed by atoms with Crippen molar-refractivity contribution in [3.63, 3.8) is 0 Å². The Morgan fingerprint density at radius 1 is 1.12 bits per heavy atom. The van der Waals surface area contributed by atoms with Gasteiger partial charge in [0, 0.05) is 13.1 Å². The van der Waals surface area contributed by atoms with Crippen LogP contribution < -0.4 is 14.8 Å². The minimum atomic E-state index is -0.00949. The van der Waals surface area contributed by atoms with Gasteiger partial charge in [0.15, 0.2) is 0 Å². The first-order chi connectivity index (χ1) is 12.7. The van der Waals surface area contributed by atoms with E-state index in [1.807, 2.05) is 35.2 Å². The van der Waals surface area contributed by atoms with Crippen molar-refractivity contribution in [2.75, 3.05) is 26.8 Å². The number of amides is 2. The first-order valence-corrected chi connectivity index (χ1v) is 9.15. The lowest BCUT2D eigenvalue weighted by atomic mass is 10.0. The van der Waals surface area contributed by atoms with E-state index in [4.69, 9.17) is 9.47 Å². The van der Waals surface area contributed by atoms with E-state index >= 15 is 0 Å². The van der Waals surface area contributed by atoms with Crippen LogP contribution in [-0.2, 0) is 19.3 Å². The Morgan fingerprint density at radius 2 is 1.92 bits per heavy atom. The maximum atomic E-state index is 12.8. The van der Waals surface area contributed by atoms with Crippen LogP contribution in [0.25, 0.3) is 0 Å². The summed E-state index contributed by atoms with van der Waals surface area (Å²) in [7, 11) is 1.70. The number of hydrogen-bond acceptors (Lipinski definition) is 3. The molecule has 26 heavy (non-hydrogen) atoms. The molecule has 0 saturated carbocycles. The second-order valence-electron chi connectivity index (χ2n) is 6.85. The molecular formula is C21H24N2O3. The molecule has 1 atom stereocenters. The molecule has 0 spiro atoms. The van der Waals surface area contributed by atoms with E-state index in [0.717, 1.165) is 42.9 Å². The number of rotatable bonds is 2. The molecule has 0 aromatic heterocycles. The maximum Gasteiger partial charge on any atom is 0.317 e. The first kappa shape index (κ1) is 16.8. The lowest BCUT2D eigenvalue weighted by molar-refractivity contribution is 0.182. The zero-order valence-corrected chi connectivity index (χ0v) is 15.0. The predicted octanol–water partition coefficient (Wildman–Crippen LogP) is 2.81. The van der Waals surface area contributed by atoms with Crippen LogP contribution in [0.15, 0.2) is 42.5 Å². The lowest BCUT2D eigenvalue weighted by Crippen LogP contribution is -2.49. The molecule has 2 amide bonds. The van der Waals surface area contributed by atoms with Crippen LogP contribution >= 0.6 is 0 Å². The van der Waals surface area contributed by atoms with Crippen LogP contribution in [0.3, 0.4) is 0 Å². The van der Waals surface area contributed by atoms with Gasteiger partial charge in [0.1, 0.15) is 18.1 Å². The van der Waals surface area contributed by atoms with Gasteiger partial charge in [0.05, 0.1) is 13.2 Å². The lowest BCUT2D eigenvalue weighted by Gasteiger charge is -2.29. The van der Waals surface area contributed by atoms with E-state index in [9.17, 15) is 4.79 Å². The highest BCUT2D eigenvalue weighted by atomic mass is 16.5. The summed E-state index contributed by atoms with van der Waals surface area (Å²) in [6, 6.07) is 14.2. The van der Waals surface area contributed by atoms with Crippen LogP contribution in [-0.4, -0.2) is 43.8 Å². The summed E-state index contributed by atoms with van der Waals surface area (Å²) in [6.45, 7) is 1.93. The third-order valence-electron chi connectivity index (χ3n) is 5.23. The van der Waals surface area contributed by atoms with Crippen LogP contribution in [0.2, 0.25) is 0 Å². The van der Waals surface area contributed by atoms with Gasteiger partial charge in [0.25, 0.3) is 0 Å². The van der Waals surface area contributed by atoms with Crippen LogP contribution in [0.1, 0.15) is 16.7 Å². The van der Waals surface area contributed by atoms with Gasteiger partial charge in [-0.1, -0.05) is 30.3 Å². The van der Waals surface area contributed by atoms with Crippen LogP contribution in [0.4, 0.5) is 4.79 Å². The number of carbonyl (C=O) groups excluding carboxylic acids is 1. The molecule has 1 N–H and O–H groups in total. The molecule has 0 aliphatic carbocycles. The van der Waals surface area contributed by atoms with Crippen LogP contribution in [0, 0.1) is 0 Å². The smallest absolute Gasteiger partial charge is 0.317 e. The molecule has 136 valence electrons. The number of urea groups is 1. The number of ether oxygens (including phenoxy) is 2. The van der Waals surface area contributed by atoms with Crippen molar-refractivity contribution in [2.24, 2.45) is 0 Å². The number of hydrogen-bond donors (Lipinski definition) is 1. The number of para-hydroxylation sites is 1. The Labute approximate surface area is 153 Å². The quantitative estimate of drug-likeness (QED) is 0.904. The van der Waals surface area contributed by atoms with Crippen molar-refractivity contribution in [2.45, 2.75) is 25.3 Å². The molecule has 2 aliphatic rings. The van der Waals surface area contributed by atoms with Crippen molar-refractivity contribution in [1.82, 2.24) is 10.2 Å². The Bertz CT molecular complexity index is 806. The fourth-order valence-corrected chi connectivity index (χ4v) is 3.82. The van der Waals surface area contributed by atoms with Gasteiger partial charge < -0.3 is 19.7 Å². The molecule has 2 aliphatic heterocycles. The number of benzene rings is 2. The van der Waals surface area contributed by atoms with E-state index in [-0.39, 0.29) is 12.1 Å². The number of carbonyl (C=O) groups is 1. The SMILES string of the molecule is COc1cccc2c1CCN(C(=O)NC1COc3ccccc3C1)CC2. The van der Waals surface area contributed by atoms with Crippen molar-refractivity contribution in [3.8, 4) is 11.5 Å². The second-order valence-corrected chi connectivity index (χ2v) is 6.85. The summed E-state index contributed by atoms with van der Waals surface area (Å²) in [5.74, 6) is 1.84. The largest absolute Gasteiger partial charge is 0.496 e. The molecule has 0 saturated heterocycles. The molecule has 0 fully saturated rings. The Morgan fingerprint density at radius 3 is 2.81 bits per heavy atom. The van der Waals surface area contributed by atoms with Crippen LogP contribution in [0.5, 0.6) is 11.5 Å². The molecule has 2 aromatic rings. The molecule has 2 aromatic carbocycles. The van der Waals surface area contributed by atoms with E-state index in [0.29, 0.717) is 13.2 Å². The summed E-state index contributed by atoms with van der Waals surface area (Å²) in [4.78, 5) is 14.7. The Kier molecular flexibility index (Phi) is 4.69. The zero-order valence-electron chi connectivity index (χ0n) is 15.0. The van der Waals surface area contributed by atoms with E-state index in [1.165, 1.54) is 11.1 Å². The average Bonchev–Trinajstić information content (AvgIpc) is 2.90. The van der Waals surface area contributed by atoms with Crippen molar-refractivity contribution < 1.29 is 14.3 Å². The third-order valence-corrected chi connectivity index (χ3v) is 5.23. The molecule has 2 heterocycles. The van der Waals surface area contributed by atoms with Gasteiger partial charge in [0.2, 0.25) is 0 Å².